The molecule has 0 aliphatic carbocycles. The van der Waals surface area contributed by atoms with Gasteiger partial charge in [0.1, 0.15) is 11.2 Å². The summed E-state index contributed by atoms with van der Waals surface area (Å²) in [5, 5.41) is 9.71. The fourth-order valence-electron chi connectivity index (χ4n) is 8.09. The second kappa shape index (κ2) is 9.96. The molecule has 0 amide bonds. The average Bonchev–Trinajstić information content (AvgIpc) is 3.82. The Bertz CT molecular complexity index is 3060. The highest BCUT2D eigenvalue weighted by molar-refractivity contribution is 6.13. The van der Waals surface area contributed by atoms with Gasteiger partial charge >= 0.3 is 0 Å². The minimum atomic E-state index is 0.917. The molecule has 3 aromatic heterocycles. The molecule has 3 heteroatoms. The number of nitrogens with zero attached hydrogens (tertiary/aromatic N) is 2. The number of benzene rings is 8. The van der Waals surface area contributed by atoms with Gasteiger partial charge in [0, 0.05) is 49.3 Å². The number of furan rings is 1. The van der Waals surface area contributed by atoms with Crippen LogP contribution in [0, 0.1) is 0 Å². The van der Waals surface area contributed by atoms with E-state index in [4.69, 9.17) is 4.42 Å². The Morgan fingerprint density at radius 1 is 0.347 bits per heavy atom. The number of hydrogen-bond donors (Lipinski definition) is 0. The molecule has 0 fully saturated rings. The van der Waals surface area contributed by atoms with Gasteiger partial charge in [0.2, 0.25) is 0 Å². The largest absolute Gasteiger partial charge is 0.455 e. The first-order valence-electron chi connectivity index (χ1n) is 16.8. The molecule has 11 rings (SSSR count). The third-order valence-electron chi connectivity index (χ3n) is 10.3. The van der Waals surface area contributed by atoms with E-state index >= 15 is 0 Å². The number of para-hydroxylation sites is 5. The van der Waals surface area contributed by atoms with Gasteiger partial charge in [-0.1, -0.05) is 109 Å². The van der Waals surface area contributed by atoms with E-state index < -0.39 is 0 Å². The number of hydrogen-bond acceptors (Lipinski definition) is 1. The van der Waals surface area contributed by atoms with Gasteiger partial charge in [0.15, 0.2) is 0 Å². The third kappa shape index (κ3) is 3.78. The molecule has 11 aromatic rings. The summed E-state index contributed by atoms with van der Waals surface area (Å²) in [6, 6.07) is 61.4. The average molecular weight is 625 g/mol. The Hall–Kier alpha value is -6.58. The van der Waals surface area contributed by atoms with Gasteiger partial charge < -0.3 is 13.6 Å². The van der Waals surface area contributed by atoms with Crippen LogP contribution in [0.3, 0.4) is 0 Å². The van der Waals surface area contributed by atoms with Crippen molar-refractivity contribution in [3.8, 4) is 22.5 Å². The van der Waals surface area contributed by atoms with Crippen LogP contribution in [0.25, 0.3) is 98.8 Å². The first kappa shape index (κ1) is 26.5. The van der Waals surface area contributed by atoms with Gasteiger partial charge in [0.05, 0.1) is 22.1 Å². The standard InChI is InChI=1S/C46H28N2O/c1-5-16-41-35(10-1)36-11-2-6-17-42(36)48(41)33-24-25-44-40(28-33)37-12-3-7-18-43(37)47(44)32-23-22-29-20-21-30(26-31(29)27-32)34-14-9-15-39-38-13-4-8-19-45(38)49-46(34)39/h1-28H. The first-order valence-corrected chi connectivity index (χ1v) is 16.8. The van der Waals surface area contributed by atoms with Crippen molar-refractivity contribution in [2.75, 3.05) is 0 Å². The molecule has 3 nitrogen and oxygen atoms in total. The Kier molecular flexibility index (Phi) is 5.38. The van der Waals surface area contributed by atoms with E-state index in [0.29, 0.717) is 0 Å². The summed E-state index contributed by atoms with van der Waals surface area (Å²) in [5.41, 5.74) is 11.2. The second-order valence-corrected chi connectivity index (χ2v) is 13.0. The van der Waals surface area contributed by atoms with Crippen LogP contribution in [0.4, 0.5) is 0 Å². The number of aromatic nitrogens is 2. The first-order chi connectivity index (χ1) is 24.3. The monoisotopic (exact) mass is 624 g/mol. The predicted octanol–water partition coefficient (Wildman–Crippen LogP) is 12.6. The zero-order valence-electron chi connectivity index (χ0n) is 26.5. The Morgan fingerprint density at radius 3 is 1.63 bits per heavy atom. The molecule has 0 radical (unpaired) electrons. The predicted molar refractivity (Wildman–Crippen MR) is 205 cm³/mol. The summed E-state index contributed by atoms with van der Waals surface area (Å²) in [6.45, 7) is 0. The van der Waals surface area contributed by atoms with Crippen LogP contribution >= 0.6 is 0 Å². The summed E-state index contributed by atoms with van der Waals surface area (Å²) in [6.07, 6.45) is 0. The molecular weight excluding hydrogens is 597 g/mol. The van der Waals surface area contributed by atoms with Crippen molar-refractivity contribution >= 4 is 76.3 Å². The maximum Gasteiger partial charge on any atom is 0.143 e. The molecule has 49 heavy (non-hydrogen) atoms. The lowest BCUT2D eigenvalue weighted by Gasteiger charge is -2.12. The molecule has 0 spiro atoms. The van der Waals surface area contributed by atoms with Crippen LogP contribution in [0.2, 0.25) is 0 Å². The van der Waals surface area contributed by atoms with Crippen molar-refractivity contribution in [2.24, 2.45) is 0 Å². The molecule has 3 heterocycles. The minimum absolute atomic E-state index is 0.917. The molecule has 0 aliphatic rings. The summed E-state index contributed by atoms with van der Waals surface area (Å²) in [5.74, 6) is 0. The Balaban J connectivity index is 1.10. The van der Waals surface area contributed by atoms with Crippen LogP contribution in [0.5, 0.6) is 0 Å². The molecule has 0 N–H and O–H groups in total. The van der Waals surface area contributed by atoms with E-state index in [1.165, 1.54) is 54.4 Å². The zero-order chi connectivity index (χ0) is 32.1. The maximum atomic E-state index is 6.41. The molecule has 0 aliphatic heterocycles. The van der Waals surface area contributed by atoms with E-state index in [2.05, 4.69) is 167 Å². The van der Waals surface area contributed by atoms with E-state index in [1.807, 2.05) is 12.1 Å². The Morgan fingerprint density at radius 2 is 0.898 bits per heavy atom. The summed E-state index contributed by atoms with van der Waals surface area (Å²) < 4.78 is 11.2. The van der Waals surface area contributed by atoms with Crippen molar-refractivity contribution in [1.82, 2.24) is 9.13 Å². The number of rotatable bonds is 3. The molecule has 228 valence electrons. The SMILES string of the molecule is c1ccc2c(c1)oc1c(-c3ccc4ccc(-n5c6ccccc6c6cc(-n7c8ccccc8c8ccccc87)ccc65)cc4c3)cccc12. The van der Waals surface area contributed by atoms with E-state index in [9.17, 15) is 0 Å². The molecule has 0 saturated heterocycles. The van der Waals surface area contributed by atoms with Gasteiger partial charge in [-0.05, 0) is 77.0 Å². The highest BCUT2D eigenvalue weighted by atomic mass is 16.3. The van der Waals surface area contributed by atoms with Crippen LogP contribution < -0.4 is 0 Å². The topological polar surface area (TPSA) is 23.0 Å². The van der Waals surface area contributed by atoms with Crippen molar-refractivity contribution in [2.45, 2.75) is 0 Å². The van der Waals surface area contributed by atoms with Crippen LogP contribution in [-0.2, 0) is 0 Å². The highest BCUT2D eigenvalue weighted by Crippen LogP contribution is 2.39. The molecule has 8 aromatic carbocycles. The van der Waals surface area contributed by atoms with E-state index in [1.54, 1.807) is 0 Å². The number of fused-ring (bicyclic) bond motifs is 10. The smallest absolute Gasteiger partial charge is 0.143 e. The third-order valence-corrected chi connectivity index (χ3v) is 10.3. The molecular formula is C46H28N2O. The van der Waals surface area contributed by atoms with Crippen LogP contribution in [-0.4, -0.2) is 9.13 Å². The fourth-order valence-corrected chi connectivity index (χ4v) is 8.09. The summed E-state index contributed by atoms with van der Waals surface area (Å²) in [7, 11) is 0. The molecule has 0 unspecified atom stereocenters. The van der Waals surface area contributed by atoms with Crippen LogP contribution in [0.15, 0.2) is 174 Å². The molecule has 0 bridgehead atoms. The lowest BCUT2D eigenvalue weighted by Crippen LogP contribution is -1.96. The molecule has 0 saturated carbocycles. The van der Waals surface area contributed by atoms with Crippen LogP contribution in [0.1, 0.15) is 0 Å². The second-order valence-electron chi connectivity index (χ2n) is 13.0. The maximum absolute atomic E-state index is 6.41. The quantitative estimate of drug-likeness (QED) is 0.192. The van der Waals surface area contributed by atoms with Gasteiger partial charge in [-0.2, -0.15) is 0 Å². The molecule has 0 atom stereocenters. The van der Waals surface area contributed by atoms with Gasteiger partial charge in [-0.25, -0.2) is 0 Å². The normalized spacial score (nSPS) is 12.1. The van der Waals surface area contributed by atoms with Gasteiger partial charge in [-0.3, -0.25) is 0 Å². The fraction of sp³-hybridized carbons (Fsp3) is 0. The zero-order valence-corrected chi connectivity index (χ0v) is 26.5. The van der Waals surface area contributed by atoms with Gasteiger partial charge in [0.25, 0.3) is 0 Å². The lowest BCUT2D eigenvalue weighted by atomic mass is 9.99. The minimum Gasteiger partial charge on any atom is -0.455 e. The van der Waals surface area contributed by atoms with E-state index in [0.717, 1.165) is 44.4 Å². The van der Waals surface area contributed by atoms with E-state index in [-0.39, 0.29) is 0 Å². The van der Waals surface area contributed by atoms with Crippen molar-refractivity contribution in [1.29, 1.82) is 0 Å². The Labute approximate surface area is 281 Å². The van der Waals surface area contributed by atoms with Crippen molar-refractivity contribution < 1.29 is 4.42 Å². The van der Waals surface area contributed by atoms with Crippen molar-refractivity contribution in [3.63, 3.8) is 0 Å². The summed E-state index contributed by atoms with van der Waals surface area (Å²) >= 11 is 0. The summed E-state index contributed by atoms with van der Waals surface area (Å²) in [4.78, 5) is 0. The lowest BCUT2D eigenvalue weighted by molar-refractivity contribution is 0.670. The highest BCUT2D eigenvalue weighted by Gasteiger charge is 2.17. The van der Waals surface area contributed by atoms with Gasteiger partial charge in [-0.15, -0.1) is 0 Å². The van der Waals surface area contributed by atoms with Crippen molar-refractivity contribution in [3.05, 3.63) is 170 Å².